The summed E-state index contributed by atoms with van der Waals surface area (Å²) in [5, 5.41) is 10.00. The monoisotopic (exact) mass is 208 g/mol. The summed E-state index contributed by atoms with van der Waals surface area (Å²) in [5.74, 6) is 0. The first kappa shape index (κ1) is 12.0. The first-order chi connectivity index (χ1) is 7.02. The zero-order valence-corrected chi connectivity index (χ0v) is 9.64. The maximum Gasteiger partial charge on any atom is 0.0936 e. The highest BCUT2D eigenvalue weighted by Gasteiger charge is 2.14. The lowest BCUT2D eigenvalue weighted by molar-refractivity contribution is 0.113. The normalized spacial score (nSPS) is 13.5. The summed E-state index contributed by atoms with van der Waals surface area (Å²) in [6.07, 6.45) is -0.515. The number of anilines is 1. The summed E-state index contributed by atoms with van der Waals surface area (Å²) in [4.78, 5) is 2.09. The molecule has 0 saturated heterocycles. The van der Waals surface area contributed by atoms with Gasteiger partial charge in [0.2, 0.25) is 0 Å². The topological polar surface area (TPSA) is 49.5 Å². The number of benzene rings is 1. The maximum absolute atomic E-state index is 10.00. The van der Waals surface area contributed by atoms with Crippen LogP contribution < -0.4 is 5.73 Å². The van der Waals surface area contributed by atoms with Crippen molar-refractivity contribution in [2.45, 2.75) is 26.0 Å². The number of hydrogen-bond acceptors (Lipinski definition) is 3. The summed E-state index contributed by atoms with van der Waals surface area (Å²) in [6, 6.07) is 7.87. The van der Waals surface area contributed by atoms with Crippen molar-refractivity contribution in [2.24, 2.45) is 0 Å². The zero-order chi connectivity index (χ0) is 11.4. The van der Waals surface area contributed by atoms with Crippen molar-refractivity contribution in [2.75, 3.05) is 19.3 Å². The Balaban J connectivity index is 2.69. The second kappa shape index (κ2) is 5.14. The summed E-state index contributed by atoms with van der Waals surface area (Å²) in [5.41, 5.74) is 7.26. The number of para-hydroxylation sites is 1. The van der Waals surface area contributed by atoms with E-state index < -0.39 is 6.10 Å². The number of aliphatic hydroxyl groups is 1. The predicted molar refractivity (Wildman–Crippen MR) is 63.6 cm³/mol. The molecule has 1 aromatic rings. The van der Waals surface area contributed by atoms with Gasteiger partial charge in [-0.15, -0.1) is 0 Å². The van der Waals surface area contributed by atoms with Gasteiger partial charge in [-0.2, -0.15) is 0 Å². The fourth-order valence-electron chi connectivity index (χ4n) is 1.40. The van der Waals surface area contributed by atoms with E-state index in [-0.39, 0.29) is 0 Å². The number of hydrogen-bond donors (Lipinski definition) is 2. The van der Waals surface area contributed by atoms with Crippen LogP contribution in [0.15, 0.2) is 24.3 Å². The van der Waals surface area contributed by atoms with Crippen LogP contribution in [0.25, 0.3) is 0 Å². The third-order valence-corrected chi connectivity index (χ3v) is 2.70. The van der Waals surface area contributed by atoms with Gasteiger partial charge < -0.3 is 15.7 Å². The van der Waals surface area contributed by atoms with Crippen molar-refractivity contribution in [3.8, 4) is 0 Å². The SMILES string of the molecule is CC(C)N(C)CC(O)c1ccccc1N. The molecule has 1 aromatic carbocycles. The molecule has 0 radical (unpaired) electrons. The van der Waals surface area contributed by atoms with Gasteiger partial charge in [-0.3, -0.25) is 0 Å². The third-order valence-electron chi connectivity index (χ3n) is 2.70. The van der Waals surface area contributed by atoms with Crippen molar-refractivity contribution in [1.82, 2.24) is 4.90 Å². The summed E-state index contributed by atoms with van der Waals surface area (Å²) in [6.45, 7) is 4.80. The minimum absolute atomic E-state index is 0.421. The average molecular weight is 208 g/mol. The van der Waals surface area contributed by atoms with E-state index in [1.807, 2.05) is 31.3 Å². The van der Waals surface area contributed by atoms with Crippen molar-refractivity contribution in [3.05, 3.63) is 29.8 Å². The Morgan fingerprint density at radius 2 is 1.93 bits per heavy atom. The number of nitrogen functional groups attached to an aromatic ring is 1. The molecule has 0 fully saturated rings. The molecule has 0 amide bonds. The Hall–Kier alpha value is -1.06. The molecule has 0 heterocycles. The van der Waals surface area contributed by atoms with Crippen LogP contribution in [0.3, 0.4) is 0 Å². The Morgan fingerprint density at radius 3 is 2.47 bits per heavy atom. The van der Waals surface area contributed by atoms with Gasteiger partial charge in [0, 0.05) is 23.8 Å². The van der Waals surface area contributed by atoms with Crippen LogP contribution in [0, 0.1) is 0 Å². The molecule has 0 aliphatic heterocycles. The molecular weight excluding hydrogens is 188 g/mol. The Bertz CT molecular complexity index is 312. The van der Waals surface area contributed by atoms with Crippen LogP contribution >= 0.6 is 0 Å². The molecule has 3 N–H and O–H groups in total. The van der Waals surface area contributed by atoms with Crippen molar-refractivity contribution < 1.29 is 5.11 Å². The van der Waals surface area contributed by atoms with Gasteiger partial charge in [-0.05, 0) is 27.0 Å². The summed E-state index contributed by atoms with van der Waals surface area (Å²) >= 11 is 0. The van der Waals surface area contributed by atoms with E-state index in [0.29, 0.717) is 18.3 Å². The molecule has 0 aliphatic carbocycles. The number of rotatable bonds is 4. The predicted octanol–water partition coefficient (Wildman–Crippen LogP) is 1.64. The van der Waals surface area contributed by atoms with Crippen molar-refractivity contribution >= 4 is 5.69 Å². The van der Waals surface area contributed by atoms with E-state index in [1.54, 1.807) is 0 Å². The van der Waals surface area contributed by atoms with Crippen LogP contribution in [0.2, 0.25) is 0 Å². The molecule has 0 aromatic heterocycles. The minimum Gasteiger partial charge on any atom is -0.398 e. The van der Waals surface area contributed by atoms with Crippen LogP contribution in [-0.4, -0.2) is 29.6 Å². The largest absolute Gasteiger partial charge is 0.398 e. The van der Waals surface area contributed by atoms with Gasteiger partial charge in [0.25, 0.3) is 0 Å². The van der Waals surface area contributed by atoms with Gasteiger partial charge >= 0.3 is 0 Å². The van der Waals surface area contributed by atoms with Gasteiger partial charge in [-0.1, -0.05) is 18.2 Å². The Kier molecular flexibility index (Phi) is 4.12. The van der Waals surface area contributed by atoms with Crippen molar-refractivity contribution in [1.29, 1.82) is 0 Å². The molecule has 15 heavy (non-hydrogen) atoms. The molecule has 0 aliphatic rings. The summed E-state index contributed by atoms with van der Waals surface area (Å²) < 4.78 is 0. The first-order valence-corrected chi connectivity index (χ1v) is 5.25. The van der Waals surface area contributed by atoms with E-state index in [2.05, 4.69) is 18.7 Å². The van der Waals surface area contributed by atoms with E-state index in [0.717, 1.165) is 5.56 Å². The lowest BCUT2D eigenvalue weighted by Crippen LogP contribution is -2.31. The van der Waals surface area contributed by atoms with Crippen LogP contribution in [0.4, 0.5) is 5.69 Å². The first-order valence-electron chi connectivity index (χ1n) is 5.25. The van der Waals surface area contributed by atoms with Gasteiger partial charge in [0.15, 0.2) is 0 Å². The fourth-order valence-corrected chi connectivity index (χ4v) is 1.40. The number of nitrogens with two attached hydrogens (primary N) is 1. The second-order valence-corrected chi connectivity index (χ2v) is 4.18. The molecule has 0 spiro atoms. The fraction of sp³-hybridized carbons (Fsp3) is 0.500. The standard InChI is InChI=1S/C12H20N2O/c1-9(2)14(3)8-12(15)10-6-4-5-7-11(10)13/h4-7,9,12,15H,8,13H2,1-3H3. The van der Waals surface area contributed by atoms with Gasteiger partial charge in [-0.25, -0.2) is 0 Å². The van der Waals surface area contributed by atoms with E-state index in [1.165, 1.54) is 0 Å². The van der Waals surface area contributed by atoms with Crippen LogP contribution in [0.1, 0.15) is 25.5 Å². The smallest absolute Gasteiger partial charge is 0.0936 e. The number of aliphatic hydroxyl groups excluding tert-OH is 1. The second-order valence-electron chi connectivity index (χ2n) is 4.18. The quantitative estimate of drug-likeness (QED) is 0.740. The third kappa shape index (κ3) is 3.22. The molecule has 1 unspecified atom stereocenters. The van der Waals surface area contributed by atoms with E-state index in [9.17, 15) is 5.11 Å². The van der Waals surface area contributed by atoms with Crippen molar-refractivity contribution in [3.63, 3.8) is 0 Å². The highest BCUT2D eigenvalue weighted by molar-refractivity contribution is 5.47. The Labute approximate surface area is 91.5 Å². The molecule has 0 saturated carbocycles. The van der Waals surface area contributed by atoms with Crippen LogP contribution in [0.5, 0.6) is 0 Å². The van der Waals surface area contributed by atoms with E-state index >= 15 is 0 Å². The molecule has 84 valence electrons. The Morgan fingerprint density at radius 1 is 1.33 bits per heavy atom. The maximum atomic E-state index is 10.00. The zero-order valence-electron chi connectivity index (χ0n) is 9.64. The van der Waals surface area contributed by atoms with E-state index in [4.69, 9.17) is 5.73 Å². The molecule has 3 heteroatoms. The summed E-state index contributed by atoms with van der Waals surface area (Å²) in [7, 11) is 1.99. The van der Waals surface area contributed by atoms with Crippen LogP contribution in [-0.2, 0) is 0 Å². The highest BCUT2D eigenvalue weighted by Crippen LogP contribution is 2.20. The average Bonchev–Trinajstić information content (AvgIpc) is 2.18. The lowest BCUT2D eigenvalue weighted by atomic mass is 10.1. The minimum atomic E-state index is -0.515. The highest BCUT2D eigenvalue weighted by atomic mass is 16.3. The molecule has 0 bridgehead atoms. The molecule has 3 nitrogen and oxygen atoms in total. The molecular formula is C12H20N2O. The molecule has 1 atom stereocenters. The molecule has 1 rings (SSSR count). The number of likely N-dealkylation sites (N-methyl/N-ethyl adjacent to an activating group) is 1. The number of nitrogens with zero attached hydrogens (tertiary/aromatic N) is 1. The van der Waals surface area contributed by atoms with Gasteiger partial charge in [0.1, 0.15) is 0 Å². The lowest BCUT2D eigenvalue weighted by Gasteiger charge is -2.24. The van der Waals surface area contributed by atoms with Gasteiger partial charge in [0.05, 0.1) is 6.10 Å².